The van der Waals surface area contributed by atoms with Crippen LogP contribution in [0.1, 0.15) is 26.3 Å². The lowest BCUT2D eigenvalue weighted by molar-refractivity contribution is 0.476. The van der Waals surface area contributed by atoms with E-state index in [4.69, 9.17) is 14.4 Å². The number of fused-ring (bicyclic) bond motifs is 7. The molecule has 0 aliphatic rings. The van der Waals surface area contributed by atoms with Crippen LogP contribution in [0.3, 0.4) is 0 Å². The Bertz CT molecular complexity index is 2340. The predicted molar refractivity (Wildman–Crippen MR) is 172 cm³/mol. The predicted octanol–water partition coefficient (Wildman–Crippen LogP) is 9.18. The third-order valence-corrected chi connectivity index (χ3v) is 8.12. The molecule has 0 saturated heterocycles. The molecule has 0 aliphatic heterocycles. The normalized spacial score (nSPS) is 12.2. The molecule has 8 rings (SSSR count). The Morgan fingerprint density at radius 1 is 0.674 bits per heavy atom. The van der Waals surface area contributed by atoms with Gasteiger partial charge in [-0.25, -0.2) is 9.97 Å². The van der Waals surface area contributed by atoms with Gasteiger partial charge in [0.05, 0.1) is 39.5 Å². The highest BCUT2D eigenvalue weighted by molar-refractivity contribution is 6.11. The van der Waals surface area contributed by atoms with E-state index in [0.29, 0.717) is 22.5 Å². The van der Waals surface area contributed by atoms with Gasteiger partial charge in [0, 0.05) is 27.9 Å². The van der Waals surface area contributed by atoms with Crippen LogP contribution in [0.2, 0.25) is 0 Å². The van der Waals surface area contributed by atoms with E-state index in [2.05, 4.69) is 66.6 Å². The smallest absolute Gasteiger partial charge is 0.213 e. The molecule has 6 nitrogen and oxygen atoms in total. The number of nitrogens with zero attached hydrogens (tertiary/aromatic N) is 4. The molecule has 1 N–H and O–H groups in total. The zero-order chi connectivity index (χ0) is 29.3. The van der Waals surface area contributed by atoms with Gasteiger partial charge in [-0.2, -0.15) is 0 Å². The SMILES string of the molecule is CC(C)(C)c1ccc2cc3ccc4c5ccc(O)c(-c6cccc(-c7cccc(-c8ccccn8)n7)n6)c5oc4n3c2c1. The maximum Gasteiger partial charge on any atom is 0.213 e. The highest BCUT2D eigenvalue weighted by Crippen LogP contribution is 2.42. The van der Waals surface area contributed by atoms with Gasteiger partial charge in [-0.3, -0.25) is 9.38 Å². The molecule has 0 amide bonds. The first kappa shape index (κ1) is 25.2. The summed E-state index contributed by atoms with van der Waals surface area (Å²) in [4.78, 5) is 14.2. The van der Waals surface area contributed by atoms with E-state index in [9.17, 15) is 5.11 Å². The van der Waals surface area contributed by atoms with Gasteiger partial charge >= 0.3 is 0 Å². The maximum absolute atomic E-state index is 11.2. The van der Waals surface area contributed by atoms with Gasteiger partial charge in [0.2, 0.25) is 5.71 Å². The van der Waals surface area contributed by atoms with Crippen LogP contribution in [0.25, 0.3) is 72.5 Å². The highest BCUT2D eigenvalue weighted by atomic mass is 16.3. The lowest BCUT2D eigenvalue weighted by Gasteiger charge is -2.19. The fraction of sp³-hybridized carbons (Fsp3) is 0.108. The molecule has 6 heterocycles. The van der Waals surface area contributed by atoms with Gasteiger partial charge in [0.1, 0.15) is 5.75 Å². The summed E-state index contributed by atoms with van der Waals surface area (Å²) in [7, 11) is 0. The van der Waals surface area contributed by atoms with E-state index >= 15 is 0 Å². The van der Waals surface area contributed by atoms with E-state index in [1.165, 1.54) is 5.56 Å². The first-order valence-electron chi connectivity index (χ1n) is 14.3. The van der Waals surface area contributed by atoms with Crippen molar-refractivity contribution in [1.82, 2.24) is 19.4 Å². The number of aromatic nitrogens is 4. The van der Waals surface area contributed by atoms with Gasteiger partial charge in [0.15, 0.2) is 5.58 Å². The van der Waals surface area contributed by atoms with E-state index in [1.54, 1.807) is 12.3 Å². The Morgan fingerprint density at radius 3 is 2.12 bits per heavy atom. The van der Waals surface area contributed by atoms with E-state index < -0.39 is 0 Å². The van der Waals surface area contributed by atoms with Crippen molar-refractivity contribution >= 4 is 38.5 Å². The Balaban J connectivity index is 1.33. The van der Waals surface area contributed by atoms with Crippen LogP contribution >= 0.6 is 0 Å². The largest absolute Gasteiger partial charge is 0.507 e. The summed E-state index contributed by atoms with van der Waals surface area (Å²) in [5, 5.41) is 14.2. The Kier molecular flexibility index (Phi) is 5.43. The van der Waals surface area contributed by atoms with Crippen LogP contribution in [0.4, 0.5) is 0 Å². The molecular formula is C37H28N4O2. The van der Waals surface area contributed by atoms with Crippen LogP contribution < -0.4 is 0 Å². The van der Waals surface area contributed by atoms with Crippen molar-refractivity contribution in [2.24, 2.45) is 0 Å². The summed E-state index contributed by atoms with van der Waals surface area (Å²) < 4.78 is 8.86. The summed E-state index contributed by atoms with van der Waals surface area (Å²) in [5.41, 5.74) is 8.88. The Labute approximate surface area is 247 Å². The van der Waals surface area contributed by atoms with Crippen LogP contribution in [-0.2, 0) is 5.41 Å². The van der Waals surface area contributed by atoms with Crippen molar-refractivity contribution in [2.45, 2.75) is 26.2 Å². The Morgan fingerprint density at radius 2 is 1.37 bits per heavy atom. The molecule has 43 heavy (non-hydrogen) atoms. The monoisotopic (exact) mass is 560 g/mol. The van der Waals surface area contributed by atoms with Crippen LogP contribution in [0.5, 0.6) is 5.75 Å². The minimum Gasteiger partial charge on any atom is -0.507 e. The zero-order valence-electron chi connectivity index (χ0n) is 24.0. The van der Waals surface area contributed by atoms with Gasteiger partial charge < -0.3 is 9.52 Å². The number of pyridine rings is 4. The number of aromatic hydroxyl groups is 1. The standard InChI is InChI=1S/C37H28N4O2/c1-37(2,3)23-14-13-22-20-24-15-16-26-25-17-18-33(42)34(35(25)43-36(26)41(24)32(22)21-23)31-12-7-11-30(40-31)29-10-6-9-28(39-29)27-8-4-5-19-38-27/h4-21,42H,1-3H3. The number of hydrogen-bond donors (Lipinski definition) is 1. The van der Waals surface area contributed by atoms with Crippen molar-refractivity contribution in [1.29, 1.82) is 0 Å². The van der Waals surface area contributed by atoms with Gasteiger partial charge in [-0.15, -0.1) is 0 Å². The molecule has 0 radical (unpaired) electrons. The van der Waals surface area contributed by atoms with E-state index in [0.717, 1.165) is 50.0 Å². The van der Waals surface area contributed by atoms with Gasteiger partial charge in [-0.1, -0.05) is 51.1 Å². The summed E-state index contributed by atoms with van der Waals surface area (Å²) >= 11 is 0. The molecule has 0 bridgehead atoms. The summed E-state index contributed by atoms with van der Waals surface area (Å²) in [6.07, 6.45) is 1.76. The highest BCUT2D eigenvalue weighted by Gasteiger charge is 2.21. The molecule has 0 unspecified atom stereocenters. The topological polar surface area (TPSA) is 76.5 Å². The van der Waals surface area contributed by atoms with Crippen molar-refractivity contribution in [3.8, 4) is 39.8 Å². The Hall–Kier alpha value is -5.49. The lowest BCUT2D eigenvalue weighted by Crippen LogP contribution is -2.10. The minimum atomic E-state index is 0.0156. The number of hydrogen-bond acceptors (Lipinski definition) is 5. The van der Waals surface area contributed by atoms with Crippen LogP contribution in [0, 0.1) is 0 Å². The molecule has 0 fully saturated rings. The number of benzene rings is 2. The number of furan rings is 1. The second-order valence-electron chi connectivity index (χ2n) is 11.9. The van der Waals surface area contributed by atoms with Crippen molar-refractivity contribution < 1.29 is 9.52 Å². The average molecular weight is 561 g/mol. The average Bonchev–Trinajstić information content (AvgIpc) is 3.59. The molecule has 0 atom stereocenters. The van der Waals surface area contributed by atoms with Crippen LogP contribution in [-0.4, -0.2) is 24.5 Å². The number of rotatable bonds is 3. The summed E-state index contributed by atoms with van der Waals surface area (Å²) in [5.74, 6) is 0.107. The van der Waals surface area contributed by atoms with Crippen molar-refractivity contribution in [3.05, 3.63) is 115 Å². The van der Waals surface area contributed by atoms with Crippen molar-refractivity contribution in [2.75, 3.05) is 0 Å². The van der Waals surface area contributed by atoms with Gasteiger partial charge in [-0.05, 0) is 83.8 Å². The third-order valence-electron chi connectivity index (χ3n) is 8.12. The minimum absolute atomic E-state index is 0.0156. The second kappa shape index (κ2) is 9.26. The third kappa shape index (κ3) is 4.06. The maximum atomic E-state index is 11.2. The number of phenolic OH excluding ortho intramolecular Hbond substituents is 1. The summed E-state index contributed by atoms with van der Waals surface area (Å²) in [6.45, 7) is 6.67. The van der Waals surface area contributed by atoms with Gasteiger partial charge in [0.25, 0.3) is 0 Å². The molecule has 8 aromatic rings. The van der Waals surface area contributed by atoms with E-state index in [1.807, 2.05) is 60.7 Å². The fourth-order valence-electron chi connectivity index (χ4n) is 5.89. The molecule has 6 aromatic heterocycles. The molecule has 2 aromatic carbocycles. The quantitative estimate of drug-likeness (QED) is 0.233. The lowest BCUT2D eigenvalue weighted by atomic mass is 9.87. The molecule has 0 aliphatic carbocycles. The second-order valence-corrected chi connectivity index (χ2v) is 11.9. The fourth-order valence-corrected chi connectivity index (χ4v) is 5.89. The van der Waals surface area contributed by atoms with Crippen LogP contribution in [0.15, 0.2) is 114 Å². The van der Waals surface area contributed by atoms with Crippen molar-refractivity contribution in [3.63, 3.8) is 0 Å². The molecule has 6 heteroatoms. The molecule has 208 valence electrons. The zero-order valence-corrected chi connectivity index (χ0v) is 24.0. The summed E-state index contributed by atoms with van der Waals surface area (Å²) in [6, 6.07) is 34.0. The number of phenols is 1. The first-order chi connectivity index (χ1) is 20.8. The molecule has 0 spiro atoms. The first-order valence-corrected chi connectivity index (χ1v) is 14.3. The van der Waals surface area contributed by atoms with E-state index in [-0.39, 0.29) is 11.2 Å². The molecule has 0 saturated carbocycles. The molecular weight excluding hydrogens is 532 g/mol.